The van der Waals surface area contributed by atoms with Gasteiger partial charge in [-0.05, 0) is 6.92 Å². The molecule has 17 heavy (non-hydrogen) atoms. The molecular weight excluding hydrogens is 224 g/mol. The van der Waals surface area contributed by atoms with Gasteiger partial charge in [-0.15, -0.1) is 0 Å². The molecule has 0 amide bonds. The molecule has 2 aromatic heterocycles. The topological polar surface area (TPSA) is 81.8 Å². The van der Waals surface area contributed by atoms with E-state index in [1.165, 1.54) is 17.8 Å². The van der Waals surface area contributed by atoms with Gasteiger partial charge in [-0.1, -0.05) is 6.58 Å². The zero-order valence-electron chi connectivity index (χ0n) is 9.56. The van der Waals surface area contributed by atoms with E-state index in [1.54, 1.807) is 6.92 Å². The Morgan fingerprint density at radius 3 is 2.53 bits per heavy atom. The third-order valence-corrected chi connectivity index (χ3v) is 2.70. The lowest BCUT2D eigenvalue weighted by Crippen LogP contribution is -2.38. The summed E-state index contributed by atoms with van der Waals surface area (Å²) in [4.78, 5) is 37.8. The Kier molecular flexibility index (Phi) is 2.38. The van der Waals surface area contributed by atoms with Crippen LogP contribution in [0.2, 0.25) is 0 Å². The molecule has 0 saturated heterocycles. The van der Waals surface area contributed by atoms with Crippen molar-refractivity contribution in [1.29, 1.82) is 0 Å². The van der Waals surface area contributed by atoms with Crippen molar-refractivity contribution in [3.63, 3.8) is 0 Å². The number of hydrogen-bond acceptors (Lipinski definition) is 3. The highest BCUT2D eigenvalue weighted by Gasteiger charge is 2.15. The molecule has 0 radical (unpaired) electrons. The maximum absolute atomic E-state index is 11.9. The van der Waals surface area contributed by atoms with Crippen LogP contribution >= 0.6 is 0 Å². The van der Waals surface area contributed by atoms with Crippen molar-refractivity contribution in [2.45, 2.75) is 13.5 Å². The molecule has 0 spiro atoms. The van der Waals surface area contributed by atoms with Crippen LogP contribution in [0.5, 0.6) is 0 Å². The minimum atomic E-state index is -0.520. The van der Waals surface area contributed by atoms with Gasteiger partial charge >= 0.3 is 11.4 Å². The summed E-state index contributed by atoms with van der Waals surface area (Å²) >= 11 is 0. The zero-order valence-corrected chi connectivity index (χ0v) is 9.56. The van der Waals surface area contributed by atoms with Crippen LogP contribution in [-0.4, -0.2) is 18.7 Å². The van der Waals surface area contributed by atoms with Crippen LogP contribution in [0.25, 0.3) is 17.4 Å². The van der Waals surface area contributed by atoms with Crippen LogP contribution in [0.15, 0.2) is 21.0 Å². The van der Waals surface area contributed by atoms with Gasteiger partial charge in [-0.2, -0.15) is 0 Å². The number of aromatic amines is 1. The zero-order chi connectivity index (χ0) is 12.7. The van der Waals surface area contributed by atoms with Crippen molar-refractivity contribution in [2.24, 2.45) is 7.05 Å². The number of nitrogens with zero attached hydrogens (tertiary/aromatic N) is 3. The van der Waals surface area contributed by atoms with Crippen LogP contribution in [0.4, 0.5) is 0 Å². The van der Waals surface area contributed by atoms with Crippen LogP contribution in [-0.2, 0) is 13.6 Å². The Morgan fingerprint density at radius 2 is 2.00 bits per heavy atom. The summed E-state index contributed by atoms with van der Waals surface area (Å²) in [6, 6.07) is 0. The molecule has 2 rings (SSSR count). The molecule has 2 heterocycles. The van der Waals surface area contributed by atoms with Crippen molar-refractivity contribution >= 4 is 17.4 Å². The van der Waals surface area contributed by atoms with E-state index in [1.807, 2.05) is 0 Å². The maximum atomic E-state index is 11.9. The van der Waals surface area contributed by atoms with Crippen LogP contribution in [0.1, 0.15) is 6.92 Å². The Labute approximate surface area is 95.2 Å². The molecule has 0 aromatic carbocycles. The van der Waals surface area contributed by atoms with Crippen molar-refractivity contribution in [3.8, 4) is 0 Å². The van der Waals surface area contributed by atoms with Crippen LogP contribution < -0.4 is 16.9 Å². The fraction of sp³-hybridized carbons (Fsp3) is 0.300. The van der Waals surface area contributed by atoms with Crippen LogP contribution in [0, 0.1) is 0 Å². The SMILES string of the molecule is C=Cn1c(=O)[nH]c2c1c(=O)n(C)c(=O)n2CC. The number of aromatic nitrogens is 4. The quantitative estimate of drug-likeness (QED) is 0.749. The summed E-state index contributed by atoms with van der Waals surface area (Å²) in [7, 11) is 1.38. The van der Waals surface area contributed by atoms with Crippen molar-refractivity contribution < 1.29 is 0 Å². The lowest BCUT2D eigenvalue weighted by molar-refractivity contribution is 0.652. The molecule has 0 aliphatic rings. The predicted molar refractivity (Wildman–Crippen MR) is 64.1 cm³/mol. The molecule has 2 aromatic rings. The third kappa shape index (κ3) is 1.32. The average molecular weight is 236 g/mol. The third-order valence-electron chi connectivity index (χ3n) is 2.70. The van der Waals surface area contributed by atoms with Gasteiger partial charge in [-0.3, -0.25) is 23.5 Å². The molecule has 90 valence electrons. The number of H-pyrrole nitrogens is 1. The second-order valence-corrected chi connectivity index (χ2v) is 3.57. The molecule has 7 heteroatoms. The highest BCUT2D eigenvalue weighted by Crippen LogP contribution is 2.02. The van der Waals surface area contributed by atoms with Gasteiger partial charge < -0.3 is 0 Å². The molecule has 1 N–H and O–H groups in total. The Balaban J connectivity index is 3.24. The highest BCUT2D eigenvalue weighted by molar-refractivity contribution is 5.72. The second-order valence-electron chi connectivity index (χ2n) is 3.57. The van der Waals surface area contributed by atoms with E-state index >= 15 is 0 Å². The summed E-state index contributed by atoms with van der Waals surface area (Å²) in [5.74, 6) is 0. The summed E-state index contributed by atoms with van der Waals surface area (Å²) in [5.41, 5.74) is -1.10. The second kappa shape index (κ2) is 3.62. The molecule has 0 fully saturated rings. The number of fused-ring (bicyclic) bond motifs is 1. The van der Waals surface area contributed by atoms with Crippen molar-refractivity contribution in [1.82, 2.24) is 18.7 Å². The molecule has 0 saturated carbocycles. The number of imidazole rings is 1. The maximum Gasteiger partial charge on any atom is 0.332 e. The van der Waals surface area contributed by atoms with E-state index in [4.69, 9.17) is 0 Å². The first-order valence-corrected chi connectivity index (χ1v) is 5.09. The number of rotatable bonds is 2. The van der Waals surface area contributed by atoms with Gasteiger partial charge in [0.2, 0.25) is 0 Å². The van der Waals surface area contributed by atoms with E-state index in [9.17, 15) is 14.4 Å². The van der Waals surface area contributed by atoms with Gasteiger partial charge in [0, 0.05) is 19.8 Å². The first-order valence-electron chi connectivity index (χ1n) is 5.09. The predicted octanol–water partition coefficient (Wildman–Crippen LogP) is -0.690. The average Bonchev–Trinajstić information content (AvgIpc) is 2.63. The largest absolute Gasteiger partial charge is 0.332 e. The van der Waals surface area contributed by atoms with Crippen LogP contribution in [0.3, 0.4) is 0 Å². The number of nitrogens with one attached hydrogen (secondary N) is 1. The minimum Gasteiger partial charge on any atom is -0.291 e. The van der Waals surface area contributed by atoms with E-state index < -0.39 is 16.9 Å². The first-order chi connectivity index (χ1) is 8.02. The summed E-state index contributed by atoms with van der Waals surface area (Å²) in [6.45, 7) is 5.59. The van der Waals surface area contributed by atoms with Crippen molar-refractivity contribution in [2.75, 3.05) is 0 Å². The molecule has 0 bridgehead atoms. The molecule has 7 nitrogen and oxygen atoms in total. The monoisotopic (exact) mass is 236 g/mol. The fourth-order valence-corrected chi connectivity index (χ4v) is 1.83. The summed E-state index contributed by atoms with van der Waals surface area (Å²) in [5, 5.41) is 0. The minimum absolute atomic E-state index is 0.133. The molecule has 0 aliphatic carbocycles. The van der Waals surface area contributed by atoms with E-state index in [-0.39, 0.29) is 11.2 Å². The fourth-order valence-electron chi connectivity index (χ4n) is 1.83. The van der Waals surface area contributed by atoms with Gasteiger partial charge in [0.1, 0.15) is 5.65 Å². The summed E-state index contributed by atoms with van der Waals surface area (Å²) in [6.07, 6.45) is 1.24. The Hall–Kier alpha value is -2.31. The first kappa shape index (κ1) is 11.2. The lowest BCUT2D eigenvalue weighted by atomic mass is 10.5. The molecule has 0 aliphatic heterocycles. The molecule has 0 atom stereocenters. The Morgan fingerprint density at radius 1 is 1.35 bits per heavy atom. The lowest BCUT2D eigenvalue weighted by Gasteiger charge is -2.06. The summed E-state index contributed by atoms with van der Waals surface area (Å²) < 4.78 is 3.40. The number of hydrogen-bond donors (Lipinski definition) is 1. The van der Waals surface area contributed by atoms with Gasteiger partial charge in [0.05, 0.1) is 0 Å². The standard InChI is InChI=1S/C10H12N4O3/c1-4-13-6-7(11-9(13)16)14(5-2)10(17)12(3)8(6)15/h4H,1,5H2,2-3H3,(H,11,16). The van der Waals surface area contributed by atoms with E-state index in [2.05, 4.69) is 11.6 Å². The van der Waals surface area contributed by atoms with Gasteiger partial charge in [-0.25, -0.2) is 9.59 Å². The van der Waals surface area contributed by atoms with Gasteiger partial charge in [0.15, 0.2) is 5.52 Å². The Bertz CT molecular complexity index is 772. The molecule has 0 unspecified atom stereocenters. The smallest absolute Gasteiger partial charge is 0.291 e. The van der Waals surface area contributed by atoms with E-state index in [0.717, 1.165) is 9.13 Å². The van der Waals surface area contributed by atoms with Gasteiger partial charge in [0.25, 0.3) is 5.56 Å². The molecular formula is C10H12N4O3. The normalized spacial score (nSPS) is 10.9. The highest BCUT2D eigenvalue weighted by atomic mass is 16.2. The van der Waals surface area contributed by atoms with Crippen molar-refractivity contribution in [3.05, 3.63) is 37.9 Å². The van der Waals surface area contributed by atoms with E-state index in [0.29, 0.717) is 6.54 Å². The number of aryl methyl sites for hydroxylation is 1.